The highest BCUT2D eigenvalue weighted by Crippen LogP contribution is 2.21. The van der Waals surface area contributed by atoms with E-state index in [1.807, 2.05) is 31.3 Å². The maximum Gasteiger partial charge on any atom is 0.209 e. The number of furan rings is 1. The molecule has 2 aromatic heterocycles. The first-order valence-electron chi connectivity index (χ1n) is 7.64. The Bertz CT molecular complexity index is 725. The molecule has 3 aromatic rings. The summed E-state index contributed by atoms with van der Waals surface area (Å²) in [5.74, 6) is 2.95. The van der Waals surface area contributed by atoms with Crippen LogP contribution in [0.5, 0.6) is 0 Å². The zero-order chi connectivity index (χ0) is 15.9. The van der Waals surface area contributed by atoms with Crippen LogP contribution in [0.3, 0.4) is 0 Å². The van der Waals surface area contributed by atoms with E-state index in [0.717, 1.165) is 47.5 Å². The number of benzene rings is 1. The first-order valence-corrected chi connectivity index (χ1v) is 8.62. The lowest BCUT2D eigenvalue weighted by molar-refractivity contribution is -0.672. The van der Waals surface area contributed by atoms with Crippen LogP contribution in [0.4, 0.5) is 0 Å². The van der Waals surface area contributed by atoms with Crippen molar-refractivity contribution in [1.29, 1.82) is 0 Å². The summed E-state index contributed by atoms with van der Waals surface area (Å²) in [6.07, 6.45) is 1.10. The Morgan fingerprint density at radius 1 is 1.17 bits per heavy atom. The number of aromatic nitrogens is 4. The molecule has 0 aliphatic carbocycles. The van der Waals surface area contributed by atoms with Gasteiger partial charge in [0.05, 0.1) is 6.54 Å². The van der Waals surface area contributed by atoms with Crippen molar-refractivity contribution in [2.75, 3.05) is 12.3 Å². The van der Waals surface area contributed by atoms with Crippen LogP contribution in [0, 0.1) is 0 Å². The second-order valence-electron chi connectivity index (χ2n) is 5.20. The molecule has 6 nitrogen and oxygen atoms in total. The van der Waals surface area contributed by atoms with Gasteiger partial charge in [-0.05, 0) is 22.6 Å². The molecule has 0 fully saturated rings. The summed E-state index contributed by atoms with van der Waals surface area (Å²) in [6, 6.07) is 14.3. The Hall–Kier alpha value is -2.12. The van der Waals surface area contributed by atoms with E-state index in [4.69, 9.17) is 4.42 Å². The molecule has 0 unspecified atom stereocenters. The molecular formula is C16H20N5OS+. The summed E-state index contributed by atoms with van der Waals surface area (Å²) >= 11 is 1.68. The molecule has 0 saturated carbocycles. The molecule has 0 saturated heterocycles. The summed E-state index contributed by atoms with van der Waals surface area (Å²) in [7, 11) is 1.86. The number of nitrogens with zero attached hydrogens (tertiary/aromatic N) is 4. The molecular weight excluding hydrogens is 310 g/mol. The van der Waals surface area contributed by atoms with Crippen LogP contribution in [0.15, 0.2) is 52.0 Å². The Morgan fingerprint density at radius 2 is 2.04 bits per heavy atom. The Morgan fingerprint density at radius 3 is 2.83 bits per heavy atom. The van der Waals surface area contributed by atoms with E-state index in [1.165, 1.54) is 0 Å². The molecule has 2 heterocycles. The highest BCUT2D eigenvalue weighted by Gasteiger charge is 2.06. The molecule has 2 N–H and O–H groups in total. The fraction of sp³-hybridized carbons (Fsp3) is 0.312. The average molecular weight is 330 g/mol. The maximum atomic E-state index is 5.88. The van der Waals surface area contributed by atoms with Crippen molar-refractivity contribution in [2.24, 2.45) is 7.05 Å². The Balaban J connectivity index is 1.36. The summed E-state index contributed by atoms with van der Waals surface area (Å²) < 4.78 is 7.58. The van der Waals surface area contributed by atoms with Gasteiger partial charge in [0.2, 0.25) is 5.16 Å². The quantitative estimate of drug-likeness (QED) is 0.503. The maximum absolute atomic E-state index is 5.88. The molecule has 120 valence electrons. The first-order chi connectivity index (χ1) is 11.3. The van der Waals surface area contributed by atoms with Crippen LogP contribution in [0.2, 0.25) is 0 Å². The second kappa shape index (κ2) is 7.94. The number of tetrazole rings is 1. The van der Waals surface area contributed by atoms with Gasteiger partial charge in [0, 0.05) is 24.8 Å². The van der Waals surface area contributed by atoms with Gasteiger partial charge in [-0.15, -0.1) is 5.10 Å². The van der Waals surface area contributed by atoms with Gasteiger partial charge in [-0.2, -0.15) is 0 Å². The molecule has 0 aliphatic heterocycles. The van der Waals surface area contributed by atoms with Crippen LogP contribution in [-0.2, 0) is 13.6 Å². The molecule has 1 aromatic carbocycles. The minimum atomic E-state index is 0.864. The van der Waals surface area contributed by atoms with E-state index in [0.29, 0.717) is 0 Å². The van der Waals surface area contributed by atoms with Crippen molar-refractivity contribution < 1.29 is 9.73 Å². The molecule has 23 heavy (non-hydrogen) atoms. The summed E-state index contributed by atoms with van der Waals surface area (Å²) in [4.78, 5) is 0. The minimum Gasteiger partial charge on any atom is -0.455 e. The molecule has 7 heteroatoms. The van der Waals surface area contributed by atoms with Gasteiger partial charge in [-0.3, -0.25) is 0 Å². The van der Waals surface area contributed by atoms with Crippen molar-refractivity contribution in [2.45, 2.75) is 18.1 Å². The SMILES string of the molecule is Cn1nnnc1SCCC[NH2+]Cc1ccc(-c2ccccc2)o1. The van der Waals surface area contributed by atoms with Crippen molar-refractivity contribution in [3.05, 3.63) is 48.2 Å². The highest BCUT2D eigenvalue weighted by molar-refractivity contribution is 7.99. The van der Waals surface area contributed by atoms with Crippen molar-refractivity contribution >= 4 is 11.8 Å². The van der Waals surface area contributed by atoms with E-state index in [9.17, 15) is 0 Å². The van der Waals surface area contributed by atoms with Gasteiger partial charge in [0.25, 0.3) is 0 Å². The Labute approximate surface area is 139 Å². The minimum absolute atomic E-state index is 0.864. The summed E-state index contributed by atoms with van der Waals surface area (Å²) in [6.45, 7) is 1.92. The lowest BCUT2D eigenvalue weighted by Crippen LogP contribution is -2.82. The normalized spacial score (nSPS) is 11.0. The zero-order valence-corrected chi connectivity index (χ0v) is 13.9. The predicted octanol–water partition coefficient (Wildman–Crippen LogP) is 1.72. The number of hydrogen-bond acceptors (Lipinski definition) is 5. The molecule has 0 amide bonds. The molecule has 0 bridgehead atoms. The molecule has 0 spiro atoms. The highest BCUT2D eigenvalue weighted by atomic mass is 32.2. The number of thioether (sulfide) groups is 1. The monoisotopic (exact) mass is 330 g/mol. The smallest absolute Gasteiger partial charge is 0.209 e. The summed E-state index contributed by atoms with van der Waals surface area (Å²) in [5.41, 5.74) is 1.12. The van der Waals surface area contributed by atoms with Crippen LogP contribution in [-0.4, -0.2) is 32.5 Å². The van der Waals surface area contributed by atoms with Crippen molar-refractivity contribution in [1.82, 2.24) is 20.2 Å². The number of hydrogen-bond donors (Lipinski definition) is 1. The van der Waals surface area contributed by atoms with E-state index < -0.39 is 0 Å². The standard InChI is InChI=1S/C16H19N5OS/c1-21-16(18-19-20-21)23-11-5-10-17-12-14-8-9-15(22-14)13-6-3-2-4-7-13/h2-4,6-9,17H,5,10-12H2,1H3/p+1. The second-order valence-corrected chi connectivity index (χ2v) is 6.26. The number of aryl methyl sites for hydroxylation is 1. The van der Waals surface area contributed by atoms with Gasteiger partial charge in [-0.1, -0.05) is 42.1 Å². The molecule has 0 atom stereocenters. The van der Waals surface area contributed by atoms with E-state index in [-0.39, 0.29) is 0 Å². The number of nitrogens with two attached hydrogens (primary N) is 1. The van der Waals surface area contributed by atoms with Crippen LogP contribution in [0.25, 0.3) is 11.3 Å². The third kappa shape index (κ3) is 4.43. The third-order valence-electron chi connectivity index (χ3n) is 3.43. The molecule has 3 rings (SSSR count). The average Bonchev–Trinajstić information content (AvgIpc) is 3.21. The predicted molar refractivity (Wildman–Crippen MR) is 88.8 cm³/mol. The van der Waals surface area contributed by atoms with Crippen molar-refractivity contribution in [3.8, 4) is 11.3 Å². The fourth-order valence-electron chi connectivity index (χ4n) is 2.22. The number of quaternary nitrogens is 1. The van der Waals surface area contributed by atoms with E-state index >= 15 is 0 Å². The fourth-order valence-corrected chi connectivity index (χ4v) is 3.04. The Kier molecular flexibility index (Phi) is 5.44. The van der Waals surface area contributed by atoms with E-state index in [2.05, 4.69) is 39.0 Å². The van der Waals surface area contributed by atoms with Gasteiger partial charge in [0.1, 0.15) is 12.3 Å². The summed E-state index contributed by atoms with van der Waals surface area (Å²) in [5, 5.41) is 14.5. The largest absolute Gasteiger partial charge is 0.455 e. The van der Waals surface area contributed by atoms with Crippen molar-refractivity contribution in [3.63, 3.8) is 0 Å². The van der Waals surface area contributed by atoms with Gasteiger partial charge in [0.15, 0.2) is 5.76 Å². The van der Waals surface area contributed by atoms with Crippen LogP contribution < -0.4 is 5.32 Å². The topological polar surface area (TPSA) is 73.3 Å². The van der Waals surface area contributed by atoms with Gasteiger partial charge >= 0.3 is 0 Å². The van der Waals surface area contributed by atoms with E-state index in [1.54, 1.807) is 16.4 Å². The van der Waals surface area contributed by atoms with Crippen LogP contribution >= 0.6 is 11.8 Å². The number of rotatable bonds is 8. The molecule has 0 aliphatic rings. The third-order valence-corrected chi connectivity index (χ3v) is 4.53. The molecule has 0 radical (unpaired) electrons. The van der Waals surface area contributed by atoms with Crippen LogP contribution in [0.1, 0.15) is 12.2 Å². The first kappa shape index (κ1) is 15.8. The lowest BCUT2D eigenvalue weighted by Gasteiger charge is -2.00. The van der Waals surface area contributed by atoms with Gasteiger partial charge in [-0.25, -0.2) is 4.68 Å². The lowest BCUT2D eigenvalue weighted by atomic mass is 10.2. The van der Waals surface area contributed by atoms with Gasteiger partial charge < -0.3 is 9.73 Å². The zero-order valence-electron chi connectivity index (χ0n) is 13.1.